The molecule has 0 atom stereocenters. The molecule has 0 aromatic heterocycles. The SMILES string of the molecule is O=P(O)(O)OOC(O)(O)O. The first-order valence-corrected chi connectivity index (χ1v) is 3.34. The maximum atomic E-state index is 9.69. The maximum absolute atomic E-state index is 9.69. The Morgan fingerprint density at radius 3 is 1.70 bits per heavy atom. The van der Waals surface area contributed by atoms with Crippen molar-refractivity contribution in [2.45, 2.75) is 6.16 Å². The topological polar surface area (TPSA) is 137 Å². The van der Waals surface area contributed by atoms with Crippen LogP contribution in [0, 0.1) is 0 Å². The van der Waals surface area contributed by atoms with E-state index in [1.807, 2.05) is 0 Å². The number of aliphatic hydroxyl groups is 3. The number of hydrogen-bond donors (Lipinski definition) is 5. The normalized spacial score (nSPS) is 13.7. The molecule has 10 heavy (non-hydrogen) atoms. The maximum Gasteiger partial charge on any atom is 0.497 e. The van der Waals surface area contributed by atoms with Gasteiger partial charge >= 0.3 is 14.0 Å². The Hall–Kier alpha value is -0.0500. The molecular formula is CH5O8P. The van der Waals surface area contributed by atoms with Crippen molar-refractivity contribution in [2.24, 2.45) is 0 Å². The Morgan fingerprint density at radius 2 is 1.60 bits per heavy atom. The third kappa shape index (κ3) is 7.95. The molecule has 0 aliphatic carbocycles. The summed E-state index contributed by atoms with van der Waals surface area (Å²) in [5.74, 6) is 0. The van der Waals surface area contributed by atoms with E-state index in [1.54, 1.807) is 0 Å². The van der Waals surface area contributed by atoms with Crippen LogP contribution in [0.15, 0.2) is 0 Å². The molecule has 0 aromatic carbocycles. The van der Waals surface area contributed by atoms with E-state index in [0.29, 0.717) is 0 Å². The van der Waals surface area contributed by atoms with E-state index in [4.69, 9.17) is 25.1 Å². The fraction of sp³-hybridized carbons (Fsp3) is 1.00. The summed E-state index contributed by atoms with van der Waals surface area (Å²) in [6.07, 6.45) is -3.71. The van der Waals surface area contributed by atoms with Crippen LogP contribution in [0.3, 0.4) is 0 Å². The van der Waals surface area contributed by atoms with Crippen molar-refractivity contribution in [3.05, 3.63) is 0 Å². The molecule has 0 radical (unpaired) electrons. The Balaban J connectivity index is 3.67. The first kappa shape index (κ1) is 9.95. The summed E-state index contributed by atoms with van der Waals surface area (Å²) in [5.41, 5.74) is 0. The average molecular weight is 176 g/mol. The molecule has 0 aliphatic rings. The van der Waals surface area contributed by atoms with Gasteiger partial charge in [0.2, 0.25) is 0 Å². The summed E-state index contributed by atoms with van der Waals surface area (Å²) in [4.78, 5) is 18.6. The van der Waals surface area contributed by atoms with E-state index >= 15 is 0 Å². The second-order valence-electron chi connectivity index (χ2n) is 1.22. The molecule has 0 bridgehead atoms. The smallest absolute Gasteiger partial charge is 0.317 e. The van der Waals surface area contributed by atoms with E-state index in [9.17, 15) is 4.57 Å². The van der Waals surface area contributed by atoms with Crippen LogP contribution in [0.1, 0.15) is 0 Å². The van der Waals surface area contributed by atoms with E-state index in [-0.39, 0.29) is 0 Å². The molecule has 0 aliphatic heterocycles. The summed E-state index contributed by atoms with van der Waals surface area (Å²) < 4.78 is 12.7. The van der Waals surface area contributed by atoms with Crippen molar-refractivity contribution in [1.82, 2.24) is 0 Å². The molecule has 0 spiro atoms. The molecule has 0 saturated carbocycles. The van der Waals surface area contributed by atoms with Gasteiger partial charge in [0.1, 0.15) is 0 Å². The van der Waals surface area contributed by atoms with Gasteiger partial charge in [-0.05, 0) is 0 Å². The van der Waals surface area contributed by atoms with Gasteiger partial charge in [-0.3, -0.25) is 0 Å². The van der Waals surface area contributed by atoms with Crippen LogP contribution in [0.25, 0.3) is 0 Å². The second-order valence-corrected chi connectivity index (χ2v) is 2.35. The van der Waals surface area contributed by atoms with E-state index in [0.717, 1.165) is 0 Å². The first-order chi connectivity index (χ1) is 4.21. The molecule has 0 fully saturated rings. The van der Waals surface area contributed by atoms with Crippen molar-refractivity contribution < 1.29 is 39.2 Å². The van der Waals surface area contributed by atoms with Crippen LogP contribution < -0.4 is 0 Å². The van der Waals surface area contributed by atoms with E-state index in [1.165, 1.54) is 0 Å². The van der Waals surface area contributed by atoms with Crippen molar-refractivity contribution in [3.8, 4) is 0 Å². The van der Waals surface area contributed by atoms with Gasteiger partial charge in [0.05, 0.1) is 0 Å². The quantitative estimate of drug-likeness (QED) is 0.139. The summed E-state index contributed by atoms with van der Waals surface area (Å²) in [5, 5.41) is 23.4. The zero-order chi connectivity index (χ0) is 8.41. The zero-order valence-corrected chi connectivity index (χ0v) is 5.30. The van der Waals surface area contributed by atoms with Crippen LogP contribution in [-0.2, 0) is 14.1 Å². The average Bonchev–Trinajstić information content (AvgIpc) is 1.57. The molecule has 0 heterocycles. The second kappa shape index (κ2) is 2.91. The molecule has 5 N–H and O–H groups in total. The van der Waals surface area contributed by atoms with E-state index in [2.05, 4.69) is 9.56 Å². The third-order valence-electron chi connectivity index (χ3n) is 0.246. The van der Waals surface area contributed by atoms with Crippen molar-refractivity contribution in [3.63, 3.8) is 0 Å². The lowest BCUT2D eigenvalue weighted by molar-refractivity contribution is -0.539. The summed E-state index contributed by atoms with van der Waals surface area (Å²) in [6, 6.07) is 0. The third-order valence-corrected chi connectivity index (χ3v) is 0.515. The fourth-order valence-corrected chi connectivity index (χ4v) is 0.296. The predicted octanol–water partition coefficient (Wildman–Crippen LogP) is -2.38. The Labute approximate surface area is 54.4 Å². The molecule has 0 unspecified atom stereocenters. The van der Waals surface area contributed by atoms with Gasteiger partial charge in [-0.1, -0.05) is 0 Å². The Morgan fingerprint density at radius 1 is 1.20 bits per heavy atom. The summed E-state index contributed by atoms with van der Waals surface area (Å²) in [6.45, 7) is 0. The molecule has 0 saturated heterocycles. The van der Waals surface area contributed by atoms with Crippen molar-refractivity contribution in [1.29, 1.82) is 0 Å². The van der Waals surface area contributed by atoms with E-state index < -0.39 is 14.0 Å². The minimum Gasteiger partial charge on any atom is -0.317 e. The van der Waals surface area contributed by atoms with Crippen LogP contribution in [-0.4, -0.2) is 31.3 Å². The summed E-state index contributed by atoms with van der Waals surface area (Å²) in [7, 11) is -4.96. The Bertz CT molecular complexity index is 138. The van der Waals surface area contributed by atoms with Gasteiger partial charge in [-0.2, -0.15) is 0 Å². The van der Waals surface area contributed by atoms with Gasteiger partial charge in [0.15, 0.2) is 0 Å². The van der Waals surface area contributed by atoms with Gasteiger partial charge in [-0.15, -0.1) is 9.56 Å². The minimum atomic E-state index is -4.96. The standard InChI is InChI=1S/CH5O8P/c2-1(3,4)8-9-10(5,6)7/h2-4H,(H2,5,6,7). The lowest BCUT2D eigenvalue weighted by Crippen LogP contribution is -2.30. The van der Waals surface area contributed by atoms with Crippen molar-refractivity contribution in [2.75, 3.05) is 0 Å². The molecule has 9 heteroatoms. The molecule has 0 aromatic rings. The molecule has 8 nitrogen and oxygen atoms in total. The van der Waals surface area contributed by atoms with Crippen LogP contribution in [0.5, 0.6) is 0 Å². The van der Waals surface area contributed by atoms with Gasteiger partial charge in [0.25, 0.3) is 0 Å². The zero-order valence-electron chi connectivity index (χ0n) is 4.41. The first-order valence-electron chi connectivity index (χ1n) is 1.81. The van der Waals surface area contributed by atoms with Crippen LogP contribution in [0.4, 0.5) is 0 Å². The highest BCUT2D eigenvalue weighted by Gasteiger charge is 2.27. The van der Waals surface area contributed by atoms with Gasteiger partial charge in [0, 0.05) is 0 Å². The number of rotatable bonds is 3. The van der Waals surface area contributed by atoms with Gasteiger partial charge in [-0.25, -0.2) is 4.57 Å². The lowest BCUT2D eigenvalue weighted by Gasteiger charge is -2.11. The number of hydrogen-bond acceptors (Lipinski definition) is 6. The highest BCUT2D eigenvalue weighted by Crippen LogP contribution is 2.36. The predicted molar refractivity (Wildman–Crippen MR) is 23.6 cm³/mol. The fourth-order valence-electron chi connectivity index (χ4n) is 0.0985. The summed E-state index contributed by atoms with van der Waals surface area (Å²) >= 11 is 0. The largest absolute Gasteiger partial charge is 0.497 e. The molecule has 0 rings (SSSR count). The monoisotopic (exact) mass is 176 g/mol. The van der Waals surface area contributed by atoms with Gasteiger partial charge < -0.3 is 25.1 Å². The highest BCUT2D eigenvalue weighted by atomic mass is 31.2. The van der Waals surface area contributed by atoms with Crippen molar-refractivity contribution >= 4 is 7.82 Å². The highest BCUT2D eigenvalue weighted by molar-refractivity contribution is 7.46. The van der Waals surface area contributed by atoms with Crippen LogP contribution in [0.2, 0.25) is 0 Å². The minimum absolute atomic E-state index is 3.00. The Kier molecular flexibility index (Phi) is 2.89. The number of phosphoric acid groups is 1. The molecular weight excluding hydrogens is 171 g/mol. The molecule has 0 amide bonds. The molecule has 62 valence electrons. The van der Waals surface area contributed by atoms with Crippen LogP contribution >= 0.6 is 7.82 Å². The lowest BCUT2D eigenvalue weighted by atomic mass is 11.2.